The highest BCUT2D eigenvalue weighted by atomic mass is 35.5. The number of amides is 1. The average Bonchev–Trinajstić information content (AvgIpc) is 2.32. The van der Waals surface area contributed by atoms with Crippen LogP contribution in [0.15, 0.2) is 36.4 Å². The highest BCUT2D eigenvalue weighted by Crippen LogP contribution is 2.23. The maximum atomic E-state index is 13.7. The number of halogens is 2. The van der Waals surface area contributed by atoms with Gasteiger partial charge in [-0.2, -0.15) is 0 Å². The third-order valence-electron chi connectivity index (χ3n) is 2.63. The van der Waals surface area contributed by atoms with Crippen molar-refractivity contribution in [3.8, 4) is 0 Å². The van der Waals surface area contributed by atoms with Gasteiger partial charge in [-0.15, -0.1) is 0 Å². The molecule has 5 heteroatoms. The van der Waals surface area contributed by atoms with Crippen molar-refractivity contribution in [2.24, 2.45) is 0 Å². The third-order valence-corrected chi connectivity index (χ3v) is 2.87. The number of nitrogen functional groups attached to an aromatic ring is 1. The minimum Gasteiger partial charge on any atom is -0.397 e. The maximum absolute atomic E-state index is 13.7. The van der Waals surface area contributed by atoms with E-state index in [0.717, 1.165) is 5.56 Å². The van der Waals surface area contributed by atoms with Crippen LogP contribution in [-0.2, 0) is 0 Å². The number of carbonyl (C=O) groups is 1. The summed E-state index contributed by atoms with van der Waals surface area (Å²) in [4.78, 5) is 11.9. The van der Waals surface area contributed by atoms with Crippen LogP contribution in [-0.4, -0.2) is 5.91 Å². The fourth-order valence-corrected chi connectivity index (χ4v) is 1.82. The fourth-order valence-electron chi connectivity index (χ4n) is 1.64. The molecule has 0 saturated carbocycles. The van der Waals surface area contributed by atoms with Gasteiger partial charge in [-0.25, -0.2) is 4.39 Å². The molecule has 2 aromatic carbocycles. The molecule has 0 saturated heterocycles. The number of hydrogen-bond donors (Lipinski definition) is 2. The maximum Gasteiger partial charge on any atom is 0.258 e. The first-order valence-electron chi connectivity index (χ1n) is 5.60. The Morgan fingerprint density at radius 1 is 1.26 bits per heavy atom. The zero-order valence-corrected chi connectivity index (χ0v) is 11.0. The van der Waals surface area contributed by atoms with Crippen molar-refractivity contribution in [3.63, 3.8) is 0 Å². The molecule has 19 heavy (non-hydrogen) atoms. The highest BCUT2D eigenvalue weighted by Gasteiger charge is 2.13. The molecule has 0 unspecified atom stereocenters. The second kappa shape index (κ2) is 5.28. The van der Waals surface area contributed by atoms with E-state index in [4.69, 9.17) is 17.3 Å². The smallest absolute Gasteiger partial charge is 0.258 e. The molecule has 0 aliphatic rings. The van der Waals surface area contributed by atoms with Gasteiger partial charge in [-0.05, 0) is 42.8 Å². The van der Waals surface area contributed by atoms with E-state index in [1.165, 1.54) is 18.2 Å². The van der Waals surface area contributed by atoms with E-state index < -0.39 is 11.7 Å². The molecule has 0 fully saturated rings. The van der Waals surface area contributed by atoms with Gasteiger partial charge < -0.3 is 11.1 Å². The summed E-state index contributed by atoms with van der Waals surface area (Å²) in [5.74, 6) is -1.11. The van der Waals surface area contributed by atoms with Gasteiger partial charge in [-0.3, -0.25) is 4.79 Å². The molecule has 98 valence electrons. The van der Waals surface area contributed by atoms with Crippen LogP contribution < -0.4 is 11.1 Å². The molecule has 0 bridgehead atoms. The average molecular weight is 279 g/mol. The lowest BCUT2D eigenvalue weighted by Crippen LogP contribution is -2.14. The Bertz CT molecular complexity index is 643. The lowest BCUT2D eigenvalue weighted by atomic mass is 10.1. The van der Waals surface area contributed by atoms with Crippen molar-refractivity contribution in [3.05, 3.63) is 58.4 Å². The SMILES string of the molecule is Cc1ccc(C(=O)Nc2ccc(Cl)cc2N)c(F)c1. The summed E-state index contributed by atoms with van der Waals surface area (Å²) in [7, 11) is 0. The molecule has 0 aliphatic heterocycles. The number of anilines is 2. The van der Waals surface area contributed by atoms with Crippen molar-refractivity contribution in [1.82, 2.24) is 0 Å². The summed E-state index contributed by atoms with van der Waals surface area (Å²) >= 11 is 5.76. The molecule has 0 heterocycles. The second-order valence-electron chi connectivity index (χ2n) is 4.17. The molecular weight excluding hydrogens is 267 g/mol. The molecule has 0 spiro atoms. The van der Waals surface area contributed by atoms with Crippen LogP contribution >= 0.6 is 11.6 Å². The van der Waals surface area contributed by atoms with Crippen molar-refractivity contribution >= 4 is 28.9 Å². The quantitative estimate of drug-likeness (QED) is 0.824. The fraction of sp³-hybridized carbons (Fsp3) is 0.0714. The molecular formula is C14H12ClFN2O. The lowest BCUT2D eigenvalue weighted by Gasteiger charge is -2.09. The summed E-state index contributed by atoms with van der Waals surface area (Å²) in [6, 6.07) is 9.10. The van der Waals surface area contributed by atoms with Gasteiger partial charge in [0.15, 0.2) is 0 Å². The number of carbonyl (C=O) groups excluding carboxylic acids is 1. The monoisotopic (exact) mass is 278 g/mol. The van der Waals surface area contributed by atoms with Gasteiger partial charge in [0, 0.05) is 5.02 Å². The summed E-state index contributed by atoms with van der Waals surface area (Å²) < 4.78 is 13.7. The number of nitrogens with two attached hydrogens (primary N) is 1. The Labute approximate surface area is 115 Å². The molecule has 3 N–H and O–H groups in total. The molecule has 0 aromatic heterocycles. The molecule has 2 aromatic rings. The van der Waals surface area contributed by atoms with E-state index in [1.807, 2.05) is 0 Å². The van der Waals surface area contributed by atoms with E-state index in [2.05, 4.69) is 5.32 Å². The first-order valence-corrected chi connectivity index (χ1v) is 5.97. The predicted octanol–water partition coefficient (Wildman–Crippen LogP) is 3.62. The number of nitrogens with one attached hydrogen (secondary N) is 1. The van der Waals surface area contributed by atoms with E-state index in [0.29, 0.717) is 16.4 Å². The topological polar surface area (TPSA) is 55.1 Å². The van der Waals surface area contributed by atoms with Crippen LogP contribution in [0.1, 0.15) is 15.9 Å². The molecule has 0 radical (unpaired) electrons. The Kier molecular flexibility index (Phi) is 3.71. The molecule has 2 rings (SSSR count). The molecule has 1 amide bonds. The zero-order chi connectivity index (χ0) is 14.0. The zero-order valence-electron chi connectivity index (χ0n) is 10.2. The highest BCUT2D eigenvalue weighted by molar-refractivity contribution is 6.31. The van der Waals surface area contributed by atoms with Gasteiger partial charge in [-0.1, -0.05) is 17.7 Å². The van der Waals surface area contributed by atoms with Gasteiger partial charge in [0.25, 0.3) is 5.91 Å². The standard InChI is InChI=1S/C14H12ClFN2O/c1-8-2-4-10(11(16)6-8)14(19)18-13-5-3-9(15)7-12(13)17/h2-7H,17H2,1H3,(H,18,19). The van der Waals surface area contributed by atoms with Crippen LogP contribution in [0, 0.1) is 12.7 Å². The summed E-state index contributed by atoms with van der Waals surface area (Å²) in [6.07, 6.45) is 0. The van der Waals surface area contributed by atoms with Crippen LogP contribution in [0.5, 0.6) is 0 Å². The summed E-state index contributed by atoms with van der Waals surface area (Å²) in [5.41, 5.74) is 7.16. The van der Waals surface area contributed by atoms with Crippen LogP contribution in [0.25, 0.3) is 0 Å². The minimum atomic E-state index is -0.565. The minimum absolute atomic E-state index is 0.0278. The Balaban J connectivity index is 2.25. The van der Waals surface area contributed by atoms with Crippen LogP contribution in [0.4, 0.5) is 15.8 Å². The van der Waals surface area contributed by atoms with Crippen molar-refractivity contribution in [1.29, 1.82) is 0 Å². The predicted molar refractivity (Wildman–Crippen MR) is 75.0 cm³/mol. The van der Waals surface area contributed by atoms with Gasteiger partial charge in [0.05, 0.1) is 16.9 Å². The third kappa shape index (κ3) is 3.03. The lowest BCUT2D eigenvalue weighted by molar-refractivity contribution is 0.102. The Hall–Kier alpha value is -2.07. The first-order chi connectivity index (χ1) is 8.97. The Morgan fingerprint density at radius 2 is 2.00 bits per heavy atom. The van der Waals surface area contributed by atoms with Gasteiger partial charge >= 0.3 is 0 Å². The molecule has 3 nitrogen and oxygen atoms in total. The largest absolute Gasteiger partial charge is 0.397 e. The normalized spacial score (nSPS) is 10.3. The van der Waals surface area contributed by atoms with Crippen molar-refractivity contribution in [2.45, 2.75) is 6.92 Å². The molecule has 0 aliphatic carbocycles. The summed E-state index contributed by atoms with van der Waals surface area (Å²) in [5, 5.41) is 3.02. The summed E-state index contributed by atoms with van der Waals surface area (Å²) in [6.45, 7) is 1.75. The Morgan fingerprint density at radius 3 is 2.63 bits per heavy atom. The number of rotatable bonds is 2. The number of aryl methyl sites for hydroxylation is 1. The van der Waals surface area contributed by atoms with Gasteiger partial charge in [0.2, 0.25) is 0 Å². The van der Waals surface area contributed by atoms with E-state index in [9.17, 15) is 9.18 Å². The second-order valence-corrected chi connectivity index (χ2v) is 4.61. The first kappa shape index (κ1) is 13.4. The van der Waals surface area contributed by atoms with Crippen molar-refractivity contribution in [2.75, 3.05) is 11.1 Å². The van der Waals surface area contributed by atoms with Crippen LogP contribution in [0.3, 0.4) is 0 Å². The van der Waals surface area contributed by atoms with E-state index in [1.54, 1.807) is 25.1 Å². The number of hydrogen-bond acceptors (Lipinski definition) is 2. The van der Waals surface area contributed by atoms with E-state index >= 15 is 0 Å². The van der Waals surface area contributed by atoms with Gasteiger partial charge in [0.1, 0.15) is 5.82 Å². The molecule has 0 atom stereocenters. The van der Waals surface area contributed by atoms with Crippen molar-refractivity contribution < 1.29 is 9.18 Å². The van der Waals surface area contributed by atoms with Crippen LogP contribution in [0.2, 0.25) is 5.02 Å². The number of benzene rings is 2. The van der Waals surface area contributed by atoms with E-state index in [-0.39, 0.29) is 5.56 Å².